The Morgan fingerprint density at radius 2 is 1.57 bits per heavy atom. The zero-order valence-electron chi connectivity index (χ0n) is 21.4. The summed E-state index contributed by atoms with van der Waals surface area (Å²) < 4.78 is 11.6. The van der Waals surface area contributed by atoms with Gasteiger partial charge in [-0.05, 0) is 68.3 Å². The summed E-state index contributed by atoms with van der Waals surface area (Å²) in [5, 5.41) is 0.851. The van der Waals surface area contributed by atoms with Crippen LogP contribution in [-0.4, -0.2) is 47.8 Å². The summed E-state index contributed by atoms with van der Waals surface area (Å²) in [6.45, 7) is 8.43. The molecule has 1 aliphatic heterocycles. The zero-order valence-corrected chi connectivity index (χ0v) is 21.4. The number of H-pyrrole nitrogens is 1. The van der Waals surface area contributed by atoms with Gasteiger partial charge in [-0.3, -0.25) is 4.79 Å². The number of hydrogen-bond donors (Lipinski definition) is 1. The third kappa shape index (κ3) is 5.77. The molecule has 5 rings (SSSR count). The quantitative estimate of drug-likeness (QED) is 0.372. The highest BCUT2D eigenvalue weighted by Gasteiger charge is 2.26. The largest absolute Gasteiger partial charge is 0.456 e. The molecule has 4 aromatic rings. The first-order valence-corrected chi connectivity index (χ1v) is 12.5. The van der Waals surface area contributed by atoms with Crippen molar-refractivity contribution in [3.05, 3.63) is 89.2 Å². The molecule has 0 radical (unpaired) electrons. The van der Waals surface area contributed by atoms with Crippen LogP contribution >= 0.6 is 0 Å². The molecule has 0 saturated carbocycles. The van der Waals surface area contributed by atoms with E-state index in [2.05, 4.69) is 34.1 Å². The van der Waals surface area contributed by atoms with Gasteiger partial charge in [-0.1, -0.05) is 36.4 Å². The summed E-state index contributed by atoms with van der Waals surface area (Å²) in [5.74, 6) is 1.19. The van der Waals surface area contributed by atoms with E-state index < -0.39 is 5.60 Å². The molecule has 0 bridgehead atoms. The first kappa shape index (κ1) is 24.4. The number of ether oxygens (including phenoxy) is 2. The molecule has 1 aliphatic rings. The Morgan fingerprint density at radius 1 is 0.838 bits per heavy atom. The molecule has 0 spiro atoms. The fourth-order valence-corrected chi connectivity index (χ4v) is 4.46. The molecule has 0 aliphatic carbocycles. The monoisotopic (exact) mass is 497 g/mol. The maximum absolute atomic E-state index is 12.3. The van der Waals surface area contributed by atoms with Crippen LogP contribution in [0.3, 0.4) is 0 Å². The third-order valence-corrected chi connectivity index (χ3v) is 6.27. The fraction of sp³-hybridized carbons (Fsp3) is 0.267. The number of fused-ring (bicyclic) bond motifs is 1. The van der Waals surface area contributed by atoms with E-state index in [0.29, 0.717) is 24.6 Å². The first-order valence-electron chi connectivity index (χ1n) is 12.5. The lowest BCUT2D eigenvalue weighted by molar-refractivity contribution is 0.0240. The SMILES string of the molecule is CC(C)(C)OC(=O)N1CCN(c2ccc(-c3cccc(Oc4cc(=O)[nH]c5ccccc45)c3)cc2)CC1. The van der Waals surface area contributed by atoms with Crippen LogP contribution in [0.2, 0.25) is 0 Å². The molecule has 3 aromatic carbocycles. The van der Waals surface area contributed by atoms with Gasteiger partial charge in [-0.15, -0.1) is 0 Å². The molecule has 0 unspecified atom stereocenters. The maximum Gasteiger partial charge on any atom is 0.410 e. The van der Waals surface area contributed by atoms with Crippen molar-refractivity contribution in [2.24, 2.45) is 0 Å². The van der Waals surface area contributed by atoms with Gasteiger partial charge >= 0.3 is 6.09 Å². The number of para-hydroxylation sites is 1. The Labute approximate surface area is 216 Å². The highest BCUT2D eigenvalue weighted by Crippen LogP contribution is 2.31. The Balaban J connectivity index is 1.27. The summed E-state index contributed by atoms with van der Waals surface area (Å²) in [5.41, 5.74) is 3.26. The highest BCUT2D eigenvalue weighted by atomic mass is 16.6. The average molecular weight is 498 g/mol. The number of carbonyl (C=O) groups is 1. The van der Waals surface area contributed by atoms with Crippen molar-refractivity contribution in [2.45, 2.75) is 26.4 Å². The number of piperazine rings is 1. The van der Waals surface area contributed by atoms with Gasteiger partial charge in [-0.25, -0.2) is 4.79 Å². The number of aromatic amines is 1. The molecule has 1 N–H and O–H groups in total. The fourth-order valence-electron chi connectivity index (χ4n) is 4.46. The zero-order chi connectivity index (χ0) is 26.0. The van der Waals surface area contributed by atoms with Gasteiger partial charge in [0.25, 0.3) is 5.56 Å². The number of carbonyl (C=O) groups excluding carboxylic acids is 1. The minimum atomic E-state index is -0.487. The van der Waals surface area contributed by atoms with Crippen molar-refractivity contribution in [1.82, 2.24) is 9.88 Å². The number of pyridine rings is 1. The third-order valence-electron chi connectivity index (χ3n) is 6.27. The van der Waals surface area contributed by atoms with E-state index in [0.717, 1.165) is 40.8 Å². The summed E-state index contributed by atoms with van der Waals surface area (Å²) in [4.78, 5) is 31.3. The average Bonchev–Trinajstić information content (AvgIpc) is 2.88. The predicted octanol–water partition coefficient (Wildman–Crippen LogP) is 6.04. The van der Waals surface area contributed by atoms with Gasteiger partial charge in [0.2, 0.25) is 0 Å². The number of aromatic nitrogens is 1. The van der Waals surface area contributed by atoms with E-state index in [1.54, 1.807) is 4.90 Å². The Bertz CT molecular complexity index is 1460. The topological polar surface area (TPSA) is 74.9 Å². The maximum atomic E-state index is 12.3. The lowest BCUT2D eigenvalue weighted by atomic mass is 10.0. The number of benzene rings is 3. The number of rotatable bonds is 4. The number of anilines is 1. The molecule has 190 valence electrons. The van der Waals surface area contributed by atoms with Crippen molar-refractivity contribution in [1.29, 1.82) is 0 Å². The molecular formula is C30H31N3O4. The number of nitrogens with zero attached hydrogens (tertiary/aromatic N) is 2. The molecule has 1 aromatic heterocycles. The smallest absolute Gasteiger partial charge is 0.410 e. The van der Waals surface area contributed by atoms with Crippen LogP contribution in [-0.2, 0) is 4.74 Å². The van der Waals surface area contributed by atoms with E-state index in [9.17, 15) is 9.59 Å². The Kier molecular flexibility index (Phi) is 6.61. The van der Waals surface area contributed by atoms with E-state index >= 15 is 0 Å². The van der Waals surface area contributed by atoms with Gasteiger partial charge in [0.1, 0.15) is 17.1 Å². The Hall–Kier alpha value is -4.26. The molecule has 2 heterocycles. The van der Waals surface area contributed by atoms with E-state index in [1.807, 2.05) is 69.3 Å². The molecule has 1 amide bonds. The second-order valence-corrected chi connectivity index (χ2v) is 10.2. The van der Waals surface area contributed by atoms with E-state index in [1.165, 1.54) is 6.07 Å². The van der Waals surface area contributed by atoms with Crippen molar-refractivity contribution < 1.29 is 14.3 Å². The van der Waals surface area contributed by atoms with Crippen LogP contribution in [0.25, 0.3) is 22.0 Å². The molecular weight excluding hydrogens is 466 g/mol. The first-order chi connectivity index (χ1) is 17.7. The summed E-state index contributed by atoms with van der Waals surface area (Å²) in [6, 6.07) is 25.3. The lowest BCUT2D eigenvalue weighted by Gasteiger charge is -2.36. The van der Waals surface area contributed by atoms with Gasteiger partial charge < -0.3 is 24.3 Å². The normalized spacial score (nSPS) is 14.0. The van der Waals surface area contributed by atoms with Gasteiger partial charge in [0.15, 0.2) is 0 Å². The second-order valence-electron chi connectivity index (χ2n) is 10.2. The molecule has 1 fully saturated rings. The second kappa shape index (κ2) is 10.0. The van der Waals surface area contributed by atoms with Gasteiger partial charge in [0, 0.05) is 43.3 Å². The summed E-state index contributed by atoms with van der Waals surface area (Å²) >= 11 is 0. The minimum absolute atomic E-state index is 0.202. The van der Waals surface area contributed by atoms with Crippen molar-refractivity contribution >= 4 is 22.7 Å². The van der Waals surface area contributed by atoms with Crippen molar-refractivity contribution in [3.8, 4) is 22.6 Å². The molecule has 7 nitrogen and oxygen atoms in total. The molecule has 1 saturated heterocycles. The van der Waals surface area contributed by atoms with Gasteiger partial charge in [-0.2, -0.15) is 0 Å². The summed E-state index contributed by atoms with van der Waals surface area (Å²) in [6.07, 6.45) is -0.252. The number of hydrogen-bond acceptors (Lipinski definition) is 5. The van der Waals surface area contributed by atoms with Crippen LogP contribution in [0.15, 0.2) is 83.7 Å². The standard InChI is InChI=1S/C30H31N3O4/c1-30(2,3)37-29(35)33-17-15-32(16-18-33)23-13-11-21(12-14-23)22-7-6-8-24(19-22)36-27-20-28(34)31-26-10-5-4-9-25(26)27/h4-14,19-20H,15-18H2,1-3H3,(H,31,34). The van der Waals surface area contributed by atoms with Crippen molar-refractivity contribution in [3.63, 3.8) is 0 Å². The van der Waals surface area contributed by atoms with Crippen LogP contribution in [0, 0.1) is 0 Å². The van der Waals surface area contributed by atoms with Crippen LogP contribution < -0.4 is 15.2 Å². The van der Waals surface area contributed by atoms with Gasteiger partial charge in [0.05, 0.1) is 5.52 Å². The summed E-state index contributed by atoms with van der Waals surface area (Å²) in [7, 11) is 0. The van der Waals surface area contributed by atoms with Crippen molar-refractivity contribution in [2.75, 3.05) is 31.1 Å². The van der Waals surface area contributed by atoms with Crippen LogP contribution in [0.5, 0.6) is 11.5 Å². The Morgan fingerprint density at radius 3 is 2.30 bits per heavy atom. The minimum Gasteiger partial charge on any atom is -0.456 e. The van der Waals surface area contributed by atoms with E-state index in [4.69, 9.17) is 9.47 Å². The number of nitrogens with one attached hydrogen (secondary N) is 1. The predicted molar refractivity (Wildman–Crippen MR) is 147 cm³/mol. The van der Waals surface area contributed by atoms with Crippen LogP contribution in [0.4, 0.5) is 10.5 Å². The molecule has 37 heavy (non-hydrogen) atoms. The van der Waals surface area contributed by atoms with E-state index in [-0.39, 0.29) is 11.7 Å². The van der Waals surface area contributed by atoms with Crippen LogP contribution in [0.1, 0.15) is 20.8 Å². The number of amides is 1. The molecule has 7 heteroatoms. The lowest BCUT2D eigenvalue weighted by Crippen LogP contribution is -2.50. The highest BCUT2D eigenvalue weighted by molar-refractivity contribution is 5.85. The molecule has 0 atom stereocenters.